The Morgan fingerprint density at radius 3 is 2.86 bits per heavy atom. The summed E-state index contributed by atoms with van der Waals surface area (Å²) in [4.78, 5) is 31.6. The first-order chi connectivity index (χ1) is 13.4. The number of anilines is 1. The van der Waals surface area contributed by atoms with E-state index >= 15 is 0 Å². The molecule has 1 N–H and O–H groups in total. The van der Waals surface area contributed by atoms with E-state index in [9.17, 15) is 9.59 Å². The molecule has 0 unspecified atom stereocenters. The molecule has 144 valence electrons. The summed E-state index contributed by atoms with van der Waals surface area (Å²) in [7, 11) is 0. The van der Waals surface area contributed by atoms with Crippen molar-refractivity contribution in [3.05, 3.63) is 57.9 Å². The smallest absolute Gasteiger partial charge is 0.256 e. The molecule has 3 aromatic rings. The number of benzene rings is 2. The van der Waals surface area contributed by atoms with Crippen molar-refractivity contribution >= 4 is 51.8 Å². The van der Waals surface area contributed by atoms with Crippen LogP contribution >= 0.6 is 23.2 Å². The Labute approximate surface area is 171 Å². The highest BCUT2D eigenvalue weighted by molar-refractivity contribution is 6.35. The number of carbonyl (C=O) groups excluding carboxylic acids is 2. The number of halogens is 2. The van der Waals surface area contributed by atoms with E-state index in [2.05, 4.69) is 10.3 Å². The Hall–Kier alpha value is -2.57. The van der Waals surface area contributed by atoms with Gasteiger partial charge in [0.2, 0.25) is 5.91 Å². The molecule has 0 aliphatic carbocycles. The van der Waals surface area contributed by atoms with Gasteiger partial charge in [-0.25, -0.2) is 4.98 Å². The molecule has 0 radical (unpaired) electrons. The van der Waals surface area contributed by atoms with Crippen molar-refractivity contribution in [3.63, 3.8) is 0 Å². The van der Waals surface area contributed by atoms with Crippen molar-refractivity contribution in [2.75, 3.05) is 11.9 Å². The van der Waals surface area contributed by atoms with Crippen molar-refractivity contribution in [1.82, 2.24) is 9.88 Å². The number of hydrogen-bond acceptors (Lipinski definition) is 4. The second-order valence-electron chi connectivity index (χ2n) is 6.69. The van der Waals surface area contributed by atoms with E-state index in [0.29, 0.717) is 51.3 Å². The zero-order valence-electron chi connectivity index (χ0n) is 15.0. The summed E-state index contributed by atoms with van der Waals surface area (Å²) in [5, 5.41) is 3.61. The van der Waals surface area contributed by atoms with Crippen LogP contribution in [0.5, 0.6) is 0 Å². The molecular weight excluding hydrogens is 401 g/mol. The van der Waals surface area contributed by atoms with Gasteiger partial charge in [0.15, 0.2) is 11.5 Å². The second-order valence-corrected chi connectivity index (χ2v) is 7.53. The lowest BCUT2D eigenvalue weighted by Crippen LogP contribution is -2.43. The molecule has 8 heteroatoms. The number of aromatic nitrogens is 1. The van der Waals surface area contributed by atoms with Gasteiger partial charge in [-0.1, -0.05) is 23.2 Å². The monoisotopic (exact) mass is 417 g/mol. The Morgan fingerprint density at radius 1 is 1.21 bits per heavy atom. The molecule has 1 aliphatic rings. The summed E-state index contributed by atoms with van der Waals surface area (Å²) in [5.41, 5.74) is 2.23. The highest BCUT2D eigenvalue weighted by Crippen LogP contribution is 2.27. The third-order valence-electron chi connectivity index (χ3n) is 4.74. The molecule has 1 aromatic heterocycles. The summed E-state index contributed by atoms with van der Waals surface area (Å²) < 4.78 is 5.45. The molecule has 28 heavy (non-hydrogen) atoms. The van der Waals surface area contributed by atoms with E-state index in [1.54, 1.807) is 42.2 Å². The molecule has 0 bridgehead atoms. The van der Waals surface area contributed by atoms with Gasteiger partial charge in [-0.3, -0.25) is 9.59 Å². The van der Waals surface area contributed by atoms with Crippen molar-refractivity contribution in [2.24, 2.45) is 0 Å². The number of hydrogen-bond donors (Lipinski definition) is 1. The van der Waals surface area contributed by atoms with Gasteiger partial charge in [0.25, 0.3) is 5.91 Å². The molecule has 2 aromatic carbocycles. The fourth-order valence-corrected chi connectivity index (χ4v) is 3.81. The molecule has 1 atom stereocenters. The van der Waals surface area contributed by atoms with Gasteiger partial charge in [-0.05, 0) is 49.2 Å². The van der Waals surface area contributed by atoms with Gasteiger partial charge >= 0.3 is 0 Å². The maximum absolute atomic E-state index is 12.9. The fourth-order valence-electron chi connectivity index (χ4n) is 3.44. The average Bonchev–Trinajstić information content (AvgIpc) is 3.28. The van der Waals surface area contributed by atoms with Crippen LogP contribution < -0.4 is 5.32 Å². The Kier molecular flexibility index (Phi) is 5.00. The van der Waals surface area contributed by atoms with Crippen LogP contribution in [0.3, 0.4) is 0 Å². The van der Waals surface area contributed by atoms with Crippen LogP contribution in [-0.2, 0) is 4.79 Å². The molecule has 0 saturated carbocycles. The van der Waals surface area contributed by atoms with E-state index in [1.165, 1.54) is 6.07 Å². The molecule has 1 saturated heterocycles. The Bertz CT molecular complexity index is 1080. The summed E-state index contributed by atoms with van der Waals surface area (Å²) in [5.74, 6) is 0.0146. The zero-order valence-corrected chi connectivity index (χ0v) is 16.5. The predicted molar refractivity (Wildman–Crippen MR) is 108 cm³/mol. The average molecular weight is 418 g/mol. The number of rotatable bonds is 3. The van der Waals surface area contributed by atoms with E-state index in [0.717, 1.165) is 6.42 Å². The van der Waals surface area contributed by atoms with Crippen LogP contribution in [0.25, 0.3) is 11.1 Å². The minimum Gasteiger partial charge on any atom is -0.441 e. The maximum Gasteiger partial charge on any atom is 0.256 e. The Morgan fingerprint density at radius 2 is 2.04 bits per heavy atom. The van der Waals surface area contributed by atoms with Gasteiger partial charge in [0, 0.05) is 24.2 Å². The highest BCUT2D eigenvalue weighted by Gasteiger charge is 2.35. The summed E-state index contributed by atoms with van der Waals surface area (Å²) in [6.07, 6.45) is 1.32. The van der Waals surface area contributed by atoms with Crippen LogP contribution in [0, 0.1) is 6.92 Å². The van der Waals surface area contributed by atoms with Gasteiger partial charge < -0.3 is 14.6 Å². The lowest BCUT2D eigenvalue weighted by Gasteiger charge is -2.24. The van der Waals surface area contributed by atoms with Gasteiger partial charge in [-0.15, -0.1) is 0 Å². The SMILES string of the molecule is Cc1nc2cc(NC(=O)[C@H]3CCCN3C(=O)c3cc(Cl)ccc3Cl)ccc2o1. The number of carbonyl (C=O) groups is 2. The predicted octanol–water partition coefficient (Wildman–Crippen LogP) is 4.69. The van der Waals surface area contributed by atoms with E-state index in [4.69, 9.17) is 27.6 Å². The van der Waals surface area contributed by atoms with E-state index in [1.807, 2.05) is 0 Å². The van der Waals surface area contributed by atoms with Gasteiger partial charge in [0.1, 0.15) is 11.6 Å². The number of likely N-dealkylation sites (tertiary alicyclic amines) is 1. The van der Waals surface area contributed by atoms with Crippen LogP contribution in [0.2, 0.25) is 10.0 Å². The van der Waals surface area contributed by atoms with Gasteiger partial charge in [0.05, 0.1) is 10.6 Å². The number of oxazole rings is 1. The summed E-state index contributed by atoms with van der Waals surface area (Å²) >= 11 is 12.2. The van der Waals surface area contributed by atoms with Gasteiger partial charge in [-0.2, -0.15) is 0 Å². The van der Waals surface area contributed by atoms with E-state index < -0.39 is 6.04 Å². The van der Waals surface area contributed by atoms with Crippen LogP contribution in [0.4, 0.5) is 5.69 Å². The largest absolute Gasteiger partial charge is 0.441 e. The molecule has 1 fully saturated rings. The standard InChI is InChI=1S/C20H17Cl2N3O3/c1-11-23-16-10-13(5-7-18(16)28-11)24-19(26)17-3-2-8-25(17)20(27)14-9-12(21)4-6-15(14)22/h4-7,9-10,17H,2-3,8H2,1H3,(H,24,26)/t17-/m1/s1. The molecule has 2 heterocycles. The Balaban J connectivity index is 1.54. The number of fused-ring (bicyclic) bond motifs is 1. The third-order valence-corrected chi connectivity index (χ3v) is 5.30. The van der Waals surface area contributed by atoms with Crippen molar-refractivity contribution in [1.29, 1.82) is 0 Å². The van der Waals surface area contributed by atoms with Crippen LogP contribution in [0.15, 0.2) is 40.8 Å². The fraction of sp³-hybridized carbons (Fsp3) is 0.250. The molecule has 0 spiro atoms. The molecule has 2 amide bonds. The normalized spacial score (nSPS) is 16.5. The number of aryl methyl sites for hydroxylation is 1. The molecular formula is C20H17Cl2N3O3. The van der Waals surface area contributed by atoms with Crippen LogP contribution in [-0.4, -0.2) is 34.3 Å². The molecule has 6 nitrogen and oxygen atoms in total. The quantitative estimate of drug-likeness (QED) is 0.670. The lowest BCUT2D eigenvalue weighted by atomic mass is 10.1. The first-order valence-electron chi connectivity index (χ1n) is 8.86. The lowest BCUT2D eigenvalue weighted by molar-refractivity contribution is -0.119. The van der Waals surface area contributed by atoms with Crippen LogP contribution in [0.1, 0.15) is 29.1 Å². The highest BCUT2D eigenvalue weighted by atomic mass is 35.5. The topological polar surface area (TPSA) is 75.4 Å². The summed E-state index contributed by atoms with van der Waals surface area (Å²) in [6, 6.07) is 9.42. The molecule has 4 rings (SSSR count). The minimum absolute atomic E-state index is 0.247. The second kappa shape index (κ2) is 7.45. The van der Waals surface area contributed by atoms with Crippen molar-refractivity contribution < 1.29 is 14.0 Å². The summed E-state index contributed by atoms with van der Waals surface area (Å²) in [6.45, 7) is 2.25. The minimum atomic E-state index is -0.572. The number of nitrogens with zero attached hydrogens (tertiary/aromatic N) is 2. The first-order valence-corrected chi connectivity index (χ1v) is 9.62. The zero-order chi connectivity index (χ0) is 19.8. The first kappa shape index (κ1) is 18.8. The van der Waals surface area contributed by atoms with Crippen molar-refractivity contribution in [2.45, 2.75) is 25.8 Å². The molecule has 1 aliphatic heterocycles. The third kappa shape index (κ3) is 3.57. The van der Waals surface area contributed by atoms with Crippen molar-refractivity contribution in [3.8, 4) is 0 Å². The van der Waals surface area contributed by atoms with E-state index in [-0.39, 0.29) is 11.8 Å². The number of nitrogens with one attached hydrogen (secondary N) is 1. The number of amides is 2. The maximum atomic E-state index is 12.9.